The van der Waals surface area contributed by atoms with Gasteiger partial charge in [-0.15, -0.1) is 0 Å². The van der Waals surface area contributed by atoms with Crippen LogP contribution in [0.5, 0.6) is 5.75 Å². The van der Waals surface area contributed by atoms with Gasteiger partial charge in [-0.3, -0.25) is 4.79 Å². The van der Waals surface area contributed by atoms with Crippen molar-refractivity contribution in [3.8, 4) is 16.9 Å². The molecule has 28 heavy (non-hydrogen) atoms. The van der Waals surface area contributed by atoms with Crippen LogP contribution in [-0.4, -0.2) is 9.55 Å². The van der Waals surface area contributed by atoms with Crippen LogP contribution >= 0.6 is 0 Å². The summed E-state index contributed by atoms with van der Waals surface area (Å²) in [5.41, 5.74) is 2.44. The number of para-hydroxylation sites is 1. The molecule has 144 valence electrons. The first kappa shape index (κ1) is 19.5. The lowest BCUT2D eigenvalue weighted by atomic mass is 10.0. The summed E-state index contributed by atoms with van der Waals surface area (Å²) in [6.07, 6.45) is 13.6. The summed E-state index contributed by atoms with van der Waals surface area (Å²) in [6.45, 7) is 6.24. The Kier molecular flexibility index (Phi) is 5.99. The van der Waals surface area contributed by atoms with Gasteiger partial charge in [0.25, 0.3) is 5.56 Å². The van der Waals surface area contributed by atoms with E-state index >= 15 is 0 Å². The van der Waals surface area contributed by atoms with Crippen molar-refractivity contribution < 1.29 is 4.74 Å². The number of rotatable bonds is 6. The van der Waals surface area contributed by atoms with Crippen molar-refractivity contribution >= 4 is 10.9 Å². The average molecular weight is 374 g/mol. The van der Waals surface area contributed by atoms with E-state index in [1.807, 2.05) is 67.8 Å². The standard InChI is InChI=1S/C24H26N2O2/c1-5-9-18(11-8-10-17(2)3)28-22-13-7-6-12-19(22)21-16-26(4)24(27)23-20(21)14-15-25-23/h5-17,25H,1-4H3/b9-5-,10-8+,18-11+. The lowest BCUT2D eigenvalue weighted by Crippen LogP contribution is -2.16. The van der Waals surface area contributed by atoms with E-state index in [9.17, 15) is 4.79 Å². The Morgan fingerprint density at radius 2 is 1.96 bits per heavy atom. The molecule has 0 aliphatic heterocycles. The third-order valence-electron chi connectivity index (χ3n) is 4.39. The second-order valence-corrected chi connectivity index (χ2v) is 7.02. The number of pyridine rings is 1. The number of hydrogen-bond acceptors (Lipinski definition) is 2. The first-order valence-corrected chi connectivity index (χ1v) is 9.46. The largest absolute Gasteiger partial charge is 0.457 e. The SMILES string of the molecule is C\C=C/C(=C\C=C\C(C)C)Oc1ccccc1-c1cn(C)c(=O)c2[nH]ccc12. The van der Waals surface area contributed by atoms with E-state index in [0.29, 0.717) is 11.4 Å². The maximum absolute atomic E-state index is 12.4. The molecular formula is C24H26N2O2. The molecule has 0 fully saturated rings. The van der Waals surface area contributed by atoms with Crippen molar-refractivity contribution in [1.29, 1.82) is 0 Å². The van der Waals surface area contributed by atoms with Crippen molar-refractivity contribution in [1.82, 2.24) is 9.55 Å². The predicted molar refractivity (Wildman–Crippen MR) is 116 cm³/mol. The number of H-pyrrole nitrogens is 1. The summed E-state index contributed by atoms with van der Waals surface area (Å²) >= 11 is 0. The molecule has 3 rings (SSSR count). The number of aryl methyl sites for hydroxylation is 1. The fourth-order valence-corrected chi connectivity index (χ4v) is 3.05. The maximum Gasteiger partial charge on any atom is 0.274 e. The van der Waals surface area contributed by atoms with Gasteiger partial charge in [0, 0.05) is 36.0 Å². The molecule has 2 aromatic heterocycles. The number of nitrogens with one attached hydrogen (secondary N) is 1. The van der Waals surface area contributed by atoms with Gasteiger partial charge in [0.05, 0.1) is 0 Å². The smallest absolute Gasteiger partial charge is 0.274 e. The quantitative estimate of drug-likeness (QED) is 0.452. The highest BCUT2D eigenvalue weighted by Gasteiger charge is 2.14. The van der Waals surface area contributed by atoms with Gasteiger partial charge in [-0.2, -0.15) is 0 Å². The minimum atomic E-state index is -0.0459. The summed E-state index contributed by atoms with van der Waals surface area (Å²) in [5.74, 6) is 1.97. The monoisotopic (exact) mass is 374 g/mol. The minimum absolute atomic E-state index is 0.0459. The first-order valence-electron chi connectivity index (χ1n) is 9.46. The third-order valence-corrected chi connectivity index (χ3v) is 4.39. The highest BCUT2D eigenvalue weighted by atomic mass is 16.5. The fourth-order valence-electron chi connectivity index (χ4n) is 3.05. The van der Waals surface area contributed by atoms with Gasteiger partial charge in [-0.05, 0) is 37.1 Å². The van der Waals surface area contributed by atoms with Crippen LogP contribution in [0.2, 0.25) is 0 Å². The Balaban J connectivity index is 2.09. The normalized spacial score (nSPS) is 12.7. The number of hydrogen-bond donors (Lipinski definition) is 1. The number of nitrogens with zero attached hydrogens (tertiary/aromatic N) is 1. The summed E-state index contributed by atoms with van der Waals surface area (Å²) in [7, 11) is 1.76. The van der Waals surface area contributed by atoms with E-state index in [1.165, 1.54) is 0 Å². The summed E-state index contributed by atoms with van der Waals surface area (Å²) in [6, 6.07) is 9.81. The van der Waals surface area contributed by atoms with Crippen LogP contribution in [-0.2, 0) is 7.05 Å². The van der Waals surface area contributed by atoms with Crippen LogP contribution in [0.25, 0.3) is 22.0 Å². The highest BCUT2D eigenvalue weighted by Crippen LogP contribution is 2.34. The van der Waals surface area contributed by atoms with E-state index in [4.69, 9.17) is 4.74 Å². The van der Waals surface area contributed by atoms with Crippen molar-refractivity contribution in [3.63, 3.8) is 0 Å². The van der Waals surface area contributed by atoms with Crippen LogP contribution in [0.4, 0.5) is 0 Å². The van der Waals surface area contributed by atoms with Crippen molar-refractivity contribution in [2.45, 2.75) is 20.8 Å². The molecule has 0 aliphatic rings. The average Bonchev–Trinajstić information content (AvgIpc) is 3.15. The van der Waals surface area contributed by atoms with Gasteiger partial charge in [0.15, 0.2) is 0 Å². The van der Waals surface area contributed by atoms with Crippen molar-refractivity contribution in [2.24, 2.45) is 13.0 Å². The summed E-state index contributed by atoms with van der Waals surface area (Å²) in [4.78, 5) is 15.4. The van der Waals surface area contributed by atoms with Crippen LogP contribution in [0, 0.1) is 5.92 Å². The number of benzene rings is 1. The van der Waals surface area contributed by atoms with E-state index in [0.717, 1.165) is 28.0 Å². The van der Waals surface area contributed by atoms with E-state index < -0.39 is 0 Å². The van der Waals surface area contributed by atoms with E-state index in [-0.39, 0.29) is 5.56 Å². The molecule has 1 N–H and O–H groups in total. The van der Waals surface area contributed by atoms with Gasteiger partial charge >= 0.3 is 0 Å². The molecule has 0 saturated carbocycles. The minimum Gasteiger partial charge on any atom is -0.457 e. The molecule has 4 heteroatoms. The Bertz CT molecular complexity index is 1110. The number of aromatic amines is 1. The molecule has 2 heterocycles. The summed E-state index contributed by atoms with van der Waals surface area (Å²) in [5, 5.41) is 0.885. The van der Waals surface area contributed by atoms with Gasteiger partial charge in [-0.1, -0.05) is 50.3 Å². The predicted octanol–water partition coefficient (Wildman–Crippen LogP) is 5.58. The molecule has 4 nitrogen and oxygen atoms in total. The molecule has 1 aromatic carbocycles. The van der Waals surface area contributed by atoms with Crippen LogP contribution < -0.4 is 10.3 Å². The highest BCUT2D eigenvalue weighted by molar-refractivity contribution is 5.95. The molecule has 0 aliphatic carbocycles. The van der Waals surface area contributed by atoms with Crippen LogP contribution in [0.15, 0.2) is 83.7 Å². The zero-order valence-corrected chi connectivity index (χ0v) is 16.8. The van der Waals surface area contributed by atoms with Crippen LogP contribution in [0.3, 0.4) is 0 Å². The molecular weight excluding hydrogens is 348 g/mol. The van der Waals surface area contributed by atoms with Gasteiger partial charge in [0.2, 0.25) is 0 Å². The molecule has 0 bridgehead atoms. The molecule has 0 atom stereocenters. The van der Waals surface area contributed by atoms with Gasteiger partial charge in [0.1, 0.15) is 17.0 Å². The maximum atomic E-state index is 12.4. The molecule has 0 amide bonds. The molecule has 0 unspecified atom stereocenters. The van der Waals surface area contributed by atoms with Crippen LogP contribution in [0.1, 0.15) is 20.8 Å². The van der Waals surface area contributed by atoms with Gasteiger partial charge in [-0.25, -0.2) is 0 Å². The Hall–Kier alpha value is -3.27. The lowest BCUT2D eigenvalue weighted by molar-refractivity contribution is 0.446. The molecule has 0 spiro atoms. The zero-order valence-electron chi connectivity index (χ0n) is 16.8. The van der Waals surface area contributed by atoms with Gasteiger partial charge < -0.3 is 14.3 Å². The first-order chi connectivity index (χ1) is 13.5. The number of allylic oxidation sites excluding steroid dienone is 5. The second-order valence-electron chi connectivity index (χ2n) is 7.02. The molecule has 3 aromatic rings. The molecule has 0 saturated heterocycles. The Morgan fingerprint density at radius 3 is 2.71 bits per heavy atom. The third kappa shape index (κ3) is 4.17. The Morgan fingerprint density at radius 1 is 1.18 bits per heavy atom. The zero-order chi connectivity index (χ0) is 20.1. The number of fused-ring (bicyclic) bond motifs is 1. The second kappa shape index (κ2) is 8.61. The molecule has 0 radical (unpaired) electrons. The van der Waals surface area contributed by atoms with Crippen molar-refractivity contribution in [2.75, 3.05) is 0 Å². The topological polar surface area (TPSA) is 47.0 Å². The number of aromatic nitrogens is 2. The lowest BCUT2D eigenvalue weighted by Gasteiger charge is -2.13. The number of ether oxygens (including phenoxy) is 1. The van der Waals surface area contributed by atoms with Crippen molar-refractivity contribution in [3.05, 3.63) is 89.2 Å². The van der Waals surface area contributed by atoms with E-state index in [2.05, 4.69) is 24.9 Å². The van der Waals surface area contributed by atoms with E-state index in [1.54, 1.807) is 17.8 Å². The fraction of sp³-hybridized carbons (Fsp3) is 0.208. The summed E-state index contributed by atoms with van der Waals surface area (Å²) < 4.78 is 7.84. The Labute approximate surface area is 165 Å².